The highest BCUT2D eigenvalue weighted by Crippen LogP contribution is 2.11. The lowest BCUT2D eigenvalue weighted by Gasteiger charge is -2.14. The maximum Gasteiger partial charge on any atom is 0.317 e. The van der Waals surface area contributed by atoms with Crippen LogP contribution < -0.4 is 4.74 Å². The summed E-state index contributed by atoms with van der Waals surface area (Å²) in [7, 11) is 1.72. The maximum absolute atomic E-state index is 10.4. The number of benzene rings is 1. The van der Waals surface area contributed by atoms with E-state index in [2.05, 4.69) is 0 Å². The van der Waals surface area contributed by atoms with Gasteiger partial charge < -0.3 is 9.84 Å². The van der Waals surface area contributed by atoms with Crippen molar-refractivity contribution in [2.75, 3.05) is 26.7 Å². The highest BCUT2D eigenvalue weighted by molar-refractivity contribution is 5.68. The van der Waals surface area contributed by atoms with Gasteiger partial charge in [0.2, 0.25) is 0 Å². The molecule has 0 aromatic heterocycles. The smallest absolute Gasteiger partial charge is 0.317 e. The Kier molecular flexibility index (Phi) is 4.98. The average molecular weight is 234 g/mol. The van der Waals surface area contributed by atoms with Gasteiger partial charge in [0.15, 0.2) is 0 Å². The van der Waals surface area contributed by atoms with Crippen molar-refractivity contribution in [3.8, 4) is 11.8 Å². The number of hydrogen-bond donors (Lipinski definition) is 1. The summed E-state index contributed by atoms with van der Waals surface area (Å²) in [6, 6.07) is 8.81. The van der Waals surface area contributed by atoms with E-state index in [0.717, 1.165) is 0 Å². The number of nitriles is 1. The fraction of sp³-hybridized carbons (Fsp3) is 0.333. The highest BCUT2D eigenvalue weighted by atomic mass is 16.5. The molecule has 0 atom stereocenters. The number of ether oxygens (including phenoxy) is 1. The molecular formula is C12H14N2O3. The number of aliphatic carboxylic acids is 1. The minimum atomic E-state index is -0.856. The van der Waals surface area contributed by atoms with Crippen LogP contribution in [0.1, 0.15) is 5.56 Å². The molecular weight excluding hydrogens is 220 g/mol. The van der Waals surface area contributed by atoms with E-state index in [-0.39, 0.29) is 6.54 Å². The molecule has 0 heterocycles. The third-order valence-corrected chi connectivity index (χ3v) is 2.13. The summed E-state index contributed by atoms with van der Waals surface area (Å²) < 4.78 is 5.41. The van der Waals surface area contributed by atoms with Gasteiger partial charge in [-0.1, -0.05) is 0 Å². The molecule has 5 nitrogen and oxygen atoms in total. The summed E-state index contributed by atoms with van der Waals surface area (Å²) in [6.07, 6.45) is 0. The van der Waals surface area contributed by atoms with Crippen LogP contribution in [-0.4, -0.2) is 42.7 Å². The molecule has 0 aliphatic carbocycles. The van der Waals surface area contributed by atoms with Crippen LogP contribution in [-0.2, 0) is 4.79 Å². The zero-order chi connectivity index (χ0) is 12.7. The van der Waals surface area contributed by atoms with Crippen molar-refractivity contribution in [2.24, 2.45) is 0 Å². The van der Waals surface area contributed by atoms with Crippen molar-refractivity contribution in [1.29, 1.82) is 5.26 Å². The number of carboxylic acids is 1. The van der Waals surface area contributed by atoms with Gasteiger partial charge in [0.05, 0.1) is 18.2 Å². The third kappa shape index (κ3) is 5.00. The number of rotatable bonds is 6. The first-order valence-corrected chi connectivity index (χ1v) is 5.15. The van der Waals surface area contributed by atoms with Crippen molar-refractivity contribution < 1.29 is 14.6 Å². The van der Waals surface area contributed by atoms with Crippen LogP contribution in [0.2, 0.25) is 0 Å². The van der Waals surface area contributed by atoms with Crippen molar-refractivity contribution in [2.45, 2.75) is 0 Å². The topological polar surface area (TPSA) is 73.6 Å². The third-order valence-electron chi connectivity index (χ3n) is 2.13. The van der Waals surface area contributed by atoms with Gasteiger partial charge >= 0.3 is 5.97 Å². The number of carboxylic acid groups (broad SMARTS) is 1. The number of carbonyl (C=O) groups is 1. The van der Waals surface area contributed by atoms with Crippen LogP contribution in [0, 0.1) is 11.3 Å². The minimum Gasteiger partial charge on any atom is -0.492 e. The fourth-order valence-corrected chi connectivity index (χ4v) is 1.25. The van der Waals surface area contributed by atoms with E-state index in [0.29, 0.717) is 24.5 Å². The van der Waals surface area contributed by atoms with E-state index >= 15 is 0 Å². The van der Waals surface area contributed by atoms with Crippen LogP contribution >= 0.6 is 0 Å². The Morgan fingerprint density at radius 3 is 2.65 bits per heavy atom. The second-order valence-electron chi connectivity index (χ2n) is 3.62. The van der Waals surface area contributed by atoms with Crippen LogP contribution in [0.5, 0.6) is 5.75 Å². The molecule has 90 valence electrons. The molecule has 0 unspecified atom stereocenters. The zero-order valence-electron chi connectivity index (χ0n) is 9.59. The number of hydrogen-bond acceptors (Lipinski definition) is 4. The van der Waals surface area contributed by atoms with E-state index in [1.807, 2.05) is 6.07 Å². The Balaban J connectivity index is 2.31. The lowest BCUT2D eigenvalue weighted by molar-refractivity contribution is -0.138. The Morgan fingerprint density at radius 2 is 2.12 bits per heavy atom. The SMILES string of the molecule is CN(CCOc1ccc(C#N)cc1)CC(=O)O. The number of likely N-dealkylation sites (N-methyl/N-ethyl adjacent to an activating group) is 1. The molecule has 1 aromatic rings. The molecule has 0 radical (unpaired) electrons. The van der Waals surface area contributed by atoms with Gasteiger partial charge in [-0.3, -0.25) is 9.69 Å². The maximum atomic E-state index is 10.4. The monoisotopic (exact) mass is 234 g/mol. The molecule has 5 heteroatoms. The summed E-state index contributed by atoms with van der Waals surface area (Å²) >= 11 is 0. The average Bonchev–Trinajstić information content (AvgIpc) is 2.29. The highest BCUT2D eigenvalue weighted by Gasteiger charge is 2.03. The van der Waals surface area contributed by atoms with Crippen molar-refractivity contribution in [1.82, 2.24) is 4.90 Å². The molecule has 1 aromatic carbocycles. The van der Waals surface area contributed by atoms with Gasteiger partial charge in [0.25, 0.3) is 0 Å². The van der Waals surface area contributed by atoms with Gasteiger partial charge in [-0.15, -0.1) is 0 Å². The zero-order valence-corrected chi connectivity index (χ0v) is 9.59. The quantitative estimate of drug-likeness (QED) is 0.793. The normalized spacial score (nSPS) is 9.94. The largest absolute Gasteiger partial charge is 0.492 e. The Morgan fingerprint density at radius 1 is 1.47 bits per heavy atom. The van der Waals surface area contributed by atoms with Gasteiger partial charge in [0.1, 0.15) is 12.4 Å². The van der Waals surface area contributed by atoms with Crippen LogP contribution in [0.4, 0.5) is 0 Å². The second-order valence-corrected chi connectivity index (χ2v) is 3.62. The summed E-state index contributed by atoms with van der Waals surface area (Å²) in [5, 5.41) is 17.2. The predicted octanol–water partition coefficient (Wildman–Crippen LogP) is 0.953. The predicted molar refractivity (Wildman–Crippen MR) is 61.8 cm³/mol. The van der Waals surface area contributed by atoms with Gasteiger partial charge in [-0.2, -0.15) is 5.26 Å². The van der Waals surface area contributed by atoms with Crippen molar-refractivity contribution in [3.05, 3.63) is 29.8 Å². The van der Waals surface area contributed by atoms with E-state index in [1.165, 1.54) is 0 Å². The van der Waals surface area contributed by atoms with Gasteiger partial charge in [-0.25, -0.2) is 0 Å². The summed E-state index contributed by atoms with van der Waals surface area (Å²) in [4.78, 5) is 12.1. The molecule has 0 spiro atoms. The second kappa shape index (κ2) is 6.51. The van der Waals surface area contributed by atoms with E-state index < -0.39 is 5.97 Å². The summed E-state index contributed by atoms with van der Waals surface area (Å²) in [6.45, 7) is 0.943. The van der Waals surface area contributed by atoms with E-state index in [4.69, 9.17) is 15.1 Å². The standard InChI is InChI=1S/C12H14N2O3/c1-14(9-12(15)16)6-7-17-11-4-2-10(8-13)3-5-11/h2-5H,6-7,9H2,1H3,(H,15,16). The lowest BCUT2D eigenvalue weighted by atomic mass is 10.2. The fourth-order valence-electron chi connectivity index (χ4n) is 1.25. The molecule has 17 heavy (non-hydrogen) atoms. The summed E-state index contributed by atoms with van der Waals surface area (Å²) in [5.74, 6) is -0.182. The van der Waals surface area contributed by atoms with Gasteiger partial charge in [-0.05, 0) is 31.3 Å². The van der Waals surface area contributed by atoms with E-state index in [9.17, 15) is 4.79 Å². The molecule has 0 amide bonds. The summed E-state index contributed by atoms with van der Waals surface area (Å²) in [5.41, 5.74) is 0.584. The lowest BCUT2D eigenvalue weighted by Crippen LogP contribution is -2.29. The first kappa shape index (κ1) is 13.0. The van der Waals surface area contributed by atoms with Crippen molar-refractivity contribution >= 4 is 5.97 Å². The Labute approximate surface area is 99.8 Å². The van der Waals surface area contributed by atoms with E-state index in [1.54, 1.807) is 36.2 Å². The molecule has 0 bridgehead atoms. The molecule has 1 N–H and O–H groups in total. The van der Waals surface area contributed by atoms with Crippen LogP contribution in [0.15, 0.2) is 24.3 Å². The Hall–Kier alpha value is -2.06. The molecule has 0 saturated heterocycles. The first-order chi connectivity index (χ1) is 8.11. The molecule has 1 rings (SSSR count). The van der Waals surface area contributed by atoms with Crippen LogP contribution in [0.3, 0.4) is 0 Å². The number of nitrogens with zero attached hydrogens (tertiary/aromatic N) is 2. The molecule has 0 saturated carbocycles. The minimum absolute atomic E-state index is 0.00324. The molecule has 0 aliphatic rings. The van der Waals surface area contributed by atoms with Crippen molar-refractivity contribution in [3.63, 3.8) is 0 Å². The van der Waals surface area contributed by atoms with Gasteiger partial charge in [0, 0.05) is 6.54 Å². The first-order valence-electron chi connectivity index (χ1n) is 5.15. The molecule has 0 aliphatic heterocycles. The molecule has 0 fully saturated rings. The Bertz CT molecular complexity index is 409. The van der Waals surface area contributed by atoms with Crippen LogP contribution in [0.25, 0.3) is 0 Å².